The predicted molar refractivity (Wildman–Crippen MR) is 94.9 cm³/mol. The van der Waals surface area contributed by atoms with Gasteiger partial charge in [0.05, 0.1) is 0 Å². The molecule has 0 saturated heterocycles. The zero-order chi connectivity index (χ0) is 21.2. The lowest BCUT2D eigenvalue weighted by molar-refractivity contribution is -0.275. The quantitative estimate of drug-likeness (QED) is 0.609. The number of aromatic nitrogens is 2. The molecule has 1 N–H and O–H groups in total. The monoisotopic (exact) mass is 429 g/mol. The SMILES string of the molecule is Cn1ccnc1C(NS(=O)(=O)c1ccccc1OC(F)(F)F)c1ccc(F)cc1. The van der Waals surface area contributed by atoms with Crippen molar-refractivity contribution in [1.29, 1.82) is 0 Å². The number of hydrogen-bond acceptors (Lipinski definition) is 4. The molecule has 0 radical (unpaired) electrons. The van der Waals surface area contributed by atoms with Gasteiger partial charge >= 0.3 is 6.36 Å². The van der Waals surface area contributed by atoms with Crippen LogP contribution in [0.3, 0.4) is 0 Å². The molecule has 0 bridgehead atoms. The van der Waals surface area contributed by atoms with Gasteiger partial charge in [-0.3, -0.25) is 0 Å². The Bertz CT molecular complexity index is 1100. The number of ether oxygens (including phenoxy) is 1. The average molecular weight is 429 g/mol. The molecule has 3 aromatic rings. The molecule has 0 aliphatic rings. The van der Waals surface area contributed by atoms with Crippen LogP contribution in [0.5, 0.6) is 5.75 Å². The van der Waals surface area contributed by atoms with Crippen LogP contribution >= 0.6 is 0 Å². The molecule has 1 aromatic heterocycles. The van der Waals surface area contributed by atoms with Crippen LogP contribution in [0.2, 0.25) is 0 Å². The highest BCUT2D eigenvalue weighted by Gasteiger charge is 2.35. The summed E-state index contributed by atoms with van der Waals surface area (Å²) < 4.78 is 84.9. The van der Waals surface area contributed by atoms with Gasteiger partial charge in [0.15, 0.2) is 0 Å². The van der Waals surface area contributed by atoms with Crippen LogP contribution in [-0.4, -0.2) is 24.3 Å². The lowest BCUT2D eigenvalue weighted by Crippen LogP contribution is -2.32. The van der Waals surface area contributed by atoms with Crippen molar-refractivity contribution >= 4 is 10.0 Å². The molecule has 1 heterocycles. The highest BCUT2D eigenvalue weighted by Crippen LogP contribution is 2.31. The first-order valence-electron chi connectivity index (χ1n) is 8.16. The highest BCUT2D eigenvalue weighted by atomic mass is 32.2. The number of sulfonamides is 1. The molecule has 3 rings (SSSR count). The molecule has 29 heavy (non-hydrogen) atoms. The van der Waals surface area contributed by atoms with E-state index in [0.717, 1.165) is 24.3 Å². The minimum absolute atomic E-state index is 0.259. The molecule has 0 amide bonds. The van der Waals surface area contributed by atoms with Crippen molar-refractivity contribution in [1.82, 2.24) is 14.3 Å². The molecule has 0 fully saturated rings. The number of para-hydroxylation sites is 1. The van der Waals surface area contributed by atoms with Gasteiger partial charge in [0.1, 0.15) is 28.3 Å². The molecule has 6 nitrogen and oxygen atoms in total. The molecule has 0 aliphatic heterocycles. The van der Waals surface area contributed by atoms with Crippen LogP contribution in [0.1, 0.15) is 17.4 Å². The van der Waals surface area contributed by atoms with Gasteiger partial charge in [0, 0.05) is 19.4 Å². The van der Waals surface area contributed by atoms with Crippen molar-refractivity contribution in [2.45, 2.75) is 17.3 Å². The van der Waals surface area contributed by atoms with Crippen molar-refractivity contribution in [2.75, 3.05) is 0 Å². The second-order valence-corrected chi connectivity index (χ2v) is 7.68. The predicted octanol–water partition coefficient (Wildman–Crippen LogP) is 3.53. The Balaban J connectivity index is 2.04. The normalized spacial score (nSPS) is 13.3. The summed E-state index contributed by atoms with van der Waals surface area (Å²) in [5.74, 6) is -1.14. The Hall–Kier alpha value is -2.92. The molecule has 0 aliphatic carbocycles. The third-order valence-corrected chi connectivity index (χ3v) is 5.42. The number of nitrogens with zero attached hydrogens (tertiary/aromatic N) is 2. The molecule has 11 heteroatoms. The van der Waals surface area contributed by atoms with Crippen LogP contribution < -0.4 is 9.46 Å². The standard InChI is InChI=1S/C18H15F4N3O3S/c1-25-11-10-23-17(25)16(12-6-8-13(19)9-7-12)24-29(26,27)15-5-3-2-4-14(15)28-18(20,21)22/h2-11,16,24H,1H3. The summed E-state index contributed by atoms with van der Waals surface area (Å²) in [6.45, 7) is 0. The van der Waals surface area contributed by atoms with E-state index in [4.69, 9.17) is 0 Å². The molecular weight excluding hydrogens is 414 g/mol. The number of aryl methyl sites for hydroxylation is 1. The third-order valence-electron chi connectivity index (χ3n) is 3.96. The zero-order valence-corrected chi connectivity index (χ0v) is 15.7. The van der Waals surface area contributed by atoms with Crippen LogP contribution in [-0.2, 0) is 17.1 Å². The summed E-state index contributed by atoms with van der Waals surface area (Å²) in [6.07, 6.45) is -2.07. The minimum Gasteiger partial charge on any atom is -0.404 e. The van der Waals surface area contributed by atoms with Crippen molar-refractivity contribution in [3.63, 3.8) is 0 Å². The van der Waals surface area contributed by atoms with Gasteiger partial charge in [-0.05, 0) is 29.8 Å². The Morgan fingerprint density at radius 2 is 1.76 bits per heavy atom. The summed E-state index contributed by atoms with van der Waals surface area (Å²) in [6, 6.07) is 8.28. The maximum atomic E-state index is 13.3. The van der Waals surface area contributed by atoms with Crippen LogP contribution in [0.4, 0.5) is 17.6 Å². The van der Waals surface area contributed by atoms with E-state index in [1.54, 1.807) is 13.2 Å². The summed E-state index contributed by atoms with van der Waals surface area (Å²) in [4.78, 5) is 3.41. The summed E-state index contributed by atoms with van der Waals surface area (Å²) in [5.41, 5.74) is 0.346. The van der Waals surface area contributed by atoms with E-state index in [2.05, 4.69) is 14.4 Å². The van der Waals surface area contributed by atoms with Gasteiger partial charge in [-0.15, -0.1) is 13.2 Å². The third kappa shape index (κ3) is 4.93. The van der Waals surface area contributed by atoms with Crippen molar-refractivity contribution < 1.29 is 30.7 Å². The minimum atomic E-state index is -5.07. The number of benzene rings is 2. The summed E-state index contributed by atoms with van der Waals surface area (Å²) in [5, 5.41) is 0. The lowest BCUT2D eigenvalue weighted by atomic mass is 10.1. The lowest BCUT2D eigenvalue weighted by Gasteiger charge is -2.20. The first-order valence-corrected chi connectivity index (χ1v) is 9.65. The number of alkyl halides is 3. The molecule has 0 spiro atoms. The zero-order valence-electron chi connectivity index (χ0n) is 14.9. The number of imidazole rings is 1. The topological polar surface area (TPSA) is 73.2 Å². The Morgan fingerprint density at radius 1 is 1.10 bits per heavy atom. The van der Waals surface area contributed by atoms with Gasteiger partial charge in [-0.2, -0.15) is 4.72 Å². The smallest absolute Gasteiger partial charge is 0.404 e. The van der Waals surface area contributed by atoms with Gasteiger partial charge in [0.25, 0.3) is 0 Å². The second-order valence-electron chi connectivity index (χ2n) is 6.00. The molecule has 1 unspecified atom stereocenters. The maximum Gasteiger partial charge on any atom is 0.573 e. The Labute approximate surface area is 163 Å². The largest absolute Gasteiger partial charge is 0.573 e. The summed E-state index contributed by atoms with van der Waals surface area (Å²) in [7, 11) is -2.87. The van der Waals surface area contributed by atoms with Gasteiger partial charge in [-0.1, -0.05) is 24.3 Å². The molecule has 1 atom stereocenters. The van der Waals surface area contributed by atoms with Gasteiger partial charge in [-0.25, -0.2) is 17.8 Å². The fraction of sp³-hybridized carbons (Fsp3) is 0.167. The molecule has 0 saturated carbocycles. The van der Waals surface area contributed by atoms with E-state index in [0.29, 0.717) is 5.56 Å². The van der Waals surface area contributed by atoms with Gasteiger partial charge < -0.3 is 9.30 Å². The van der Waals surface area contributed by atoms with E-state index in [1.165, 1.54) is 35.0 Å². The van der Waals surface area contributed by atoms with E-state index < -0.39 is 38.9 Å². The van der Waals surface area contributed by atoms with Crippen LogP contribution in [0, 0.1) is 5.82 Å². The van der Waals surface area contributed by atoms with E-state index >= 15 is 0 Å². The van der Waals surface area contributed by atoms with Crippen molar-refractivity contribution in [3.8, 4) is 5.75 Å². The maximum absolute atomic E-state index is 13.3. The van der Waals surface area contributed by atoms with Gasteiger partial charge in [0.2, 0.25) is 10.0 Å². The average Bonchev–Trinajstić information content (AvgIpc) is 3.05. The first kappa shape index (κ1) is 20.8. The Kier molecular flexibility index (Phi) is 5.62. The Morgan fingerprint density at radius 3 is 2.34 bits per heavy atom. The molecular formula is C18H15F4N3O3S. The van der Waals surface area contributed by atoms with Crippen molar-refractivity contribution in [3.05, 3.63) is 78.1 Å². The summed E-state index contributed by atoms with van der Waals surface area (Å²) >= 11 is 0. The molecule has 154 valence electrons. The number of halogens is 4. The number of hydrogen-bond donors (Lipinski definition) is 1. The second kappa shape index (κ2) is 7.84. The fourth-order valence-corrected chi connectivity index (χ4v) is 3.99. The van der Waals surface area contributed by atoms with E-state index in [9.17, 15) is 26.0 Å². The fourth-order valence-electron chi connectivity index (χ4n) is 2.68. The molecule has 2 aromatic carbocycles. The van der Waals surface area contributed by atoms with Crippen LogP contribution in [0.25, 0.3) is 0 Å². The van der Waals surface area contributed by atoms with E-state index in [1.807, 2.05) is 0 Å². The van der Waals surface area contributed by atoms with Crippen molar-refractivity contribution in [2.24, 2.45) is 7.05 Å². The van der Waals surface area contributed by atoms with Crippen LogP contribution in [0.15, 0.2) is 65.8 Å². The number of nitrogens with one attached hydrogen (secondary N) is 1. The first-order chi connectivity index (χ1) is 13.6. The highest BCUT2D eigenvalue weighted by molar-refractivity contribution is 7.89. The number of rotatable bonds is 6. The van der Waals surface area contributed by atoms with E-state index in [-0.39, 0.29) is 5.82 Å².